The van der Waals surface area contributed by atoms with Crippen LogP contribution < -0.4 is 5.32 Å². The number of ether oxygens (including phenoxy) is 1. The molecule has 5 heteroatoms. The van der Waals surface area contributed by atoms with Crippen LogP contribution in [-0.4, -0.2) is 35.5 Å². The molecule has 1 aromatic rings. The zero-order chi connectivity index (χ0) is 10.5. The fourth-order valence-electron chi connectivity index (χ4n) is 1.57. The first-order valence-electron chi connectivity index (χ1n) is 5.10. The summed E-state index contributed by atoms with van der Waals surface area (Å²) in [4.78, 5) is 8.28. The van der Waals surface area contributed by atoms with Gasteiger partial charge in [0.2, 0.25) is 0 Å². The van der Waals surface area contributed by atoms with Crippen LogP contribution in [-0.2, 0) is 4.74 Å². The summed E-state index contributed by atoms with van der Waals surface area (Å²) in [5, 5.41) is 4.26. The Balaban J connectivity index is 1.86. The van der Waals surface area contributed by atoms with E-state index in [0.717, 1.165) is 30.4 Å². The third-order valence-electron chi connectivity index (χ3n) is 2.39. The maximum atomic E-state index is 5.52. The summed E-state index contributed by atoms with van der Waals surface area (Å²) in [6, 6.07) is 1.96. The predicted molar refractivity (Wildman–Crippen MR) is 61.3 cm³/mol. The molecule has 1 unspecified atom stereocenters. The molecule has 1 aliphatic rings. The van der Waals surface area contributed by atoms with E-state index in [2.05, 4.69) is 15.3 Å². The molecule has 1 aliphatic heterocycles. The van der Waals surface area contributed by atoms with E-state index in [9.17, 15) is 0 Å². The maximum Gasteiger partial charge on any atom is 0.130 e. The molecule has 1 saturated heterocycles. The number of anilines is 1. The standard InChI is InChI=1S/C10H15N3OS/c1-15-10-5-9(12-7-13-10)11-6-8-3-2-4-14-8/h5,7-8H,2-4,6H2,1H3,(H,11,12,13). The van der Waals surface area contributed by atoms with Crippen LogP contribution in [0.3, 0.4) is 0 Å². The lowest BCUT2D eigenvalue weighted by molar-refractivity contribution is 0.120. The van der Waals surface area contributed by atoms with E-state index in [1.807, 2.05) is 12.3 Å². The summed E-state index contributed by atoms with van der Waals surface area (Å²) < 4.78 is 5.52. The molecular formula is C10H15N3OS. The van der Waals surface area contributed by atoms with Crippen LogP contribution in [0.1, 0.15) is 12.8 Å². The van der Waals surface area contributed by atoms with Gasteiger partial charge in [-0.1, -0.05) is 0 Å². The molecule has 15 heavy (non-hydrogen) atoms. The number of hydrogen-bond donors (Lipinski definition) is 1. The topological polar surface area (TPSA) is 47.0 Å². The van der Waals surface area contributed by atoms with E-state index >= 15 is 0 Å². The Kier molecular flexibility index (Phi) is 3.80. The Labute approximate surface area is 93.8 Å². The summed E-state index contributed by atoms with van der Waals surface area (Å²) >= 11 is 1.62. The summed E-state index contributed by atoms with van der Waals surface area (Å²) in [5.41, 5.74) is 0. The maximum absolute atomic E-state index is 5.52. The Morgan fingerprint density at radius 2 is 2.53 bits per heavy atom. The molecule has 2 rings (SSSR count). The van der Waals surface area contributed by atoms with Gasteiger partial charge in [-0.3, -0.25) is 0 Å². The molecule has 82 valence electrons. The van der Waals surface area contributed by atoms with Crippen LogP contribution in [0, 0.1) is 0 Å². The smallest absolute Gasteiger partial charge is 0.130 e. The lowest BCUT2D eigenvalue weighted by Gasteiger charge is -2.11. The molecule has 2 heterocycles. The fourth-order valence-corrected chi connectivity index (χ4v) is 1.95. The van der Waals surface area contributed by atoms with Crippen molar-refractivity contribution in [3.05, 3.63) is 12.4 Å². The van der Waals surface area contributed by atoms with Crippen molar-refractivity contribution in [2.24, 2.45) is 0 Å². The van der Waals surface area contributed by atoms with Gasteiger partial charge in [0.25, 0.3) is 0 Å². The second-order valence-corrected chi connectivity index (χ2v) is 4.29. The minimum Gasteiger partial charge on any atom is -0.376 e. The van der Waals surface area contributed by atoms with Gasteiger partial charge >= 0.3 is 0 Å². The highest BCUT2D eigenvalue weighted by Crippen LogP contribution is 2.15. The van der Waals surface area contributed by atoms with Gasteiger partial charge in [-0.25, -0.2) is 9.97 Å². The Morgan fingerprint density at radius 1 is 1.60 bits per heavy atom. The van der Waals surface area contributed by atoms with Crippen molar-refractivity contribution < 1.29 is 4.74 Å². The van der Waals surface area contributed by atoms with Crippen molar-refractivity contribution in [2.75, 3.05) is 24.7 Å². The number of rotatable bonds is 4. The third-order valence-corrected chi connectivity index (χ3v) is 3.03. The monoisotopic (exact) mass is 225 g/mol. The van der Waals surface area contributed by atoms with Gasteiger partial charge in [-0.15, -0.1) is 11.8 Å². The van der Waals surface area contributed by atoms with Gasteiger partial charge < -0.3 is 10.1 Å². The van der Waals surface area contributed by atoms with Gasteiger partial charge in [0.15, 0.2) is 0 Å². The fraction of sp³-hybridized carbons (Fsp3) is 0.600. The summed E-state index contributed by atoms with van der Waals surface area (Å²) in [5.74, 6) is 0.879. The highest BCUT2D eigenvalue weighted by molar-refractivity contribution is 7.98. The van der Waals surface area contributed by atoms with Crippen molar-refractivity contribution in [1.82, 2.24) is 9.97 Å². The van der Waals surface area contributed by atoms with Gasteiger partial charge in [-0.2, -0.15) is 0 Å². The quantitative estimate of drug-likeness (QED) is 0.625. The highest BCUT2D eigenvalue weighted by Gasteiger charge is 2.14. The molecule has 0 radical (unpaired) electrons. The summed E-state index contributed by atoms with van der Waals surface area (Å²) in [7, 11) is 0. The zero-order valence-electron chi connectivity index (χ0n) is 8.77. The molecule has 1 atom stereocenters. The number of nitrogens with one attached hydrogen (secondary N) is 1. The van der Waals surface area contributed by atoms with Gasteiger partial charge in [-0.05, 0) is 19.1 Å². The van der Waals surface area contributed by atoms with Gasteiger partial charge in [0.05, 0.1) is 6.10 Å². The second-order valence-electron chi connectivity index (χ2n) is 3.46. The summed E-state index contributed by atoms with van der Waals surface area (Å²) in [6.07, 6.45) is 6.26. The number of nitrogens with zero attached hydrogens (tertiary/aromatic N) is 2. The second kappa shape index (κ2) is 5.32. The number of hydrogen-bond acceptors (Lipinski definition) is 5. The first-order valence-corrected chi connectivity index (χ1v) is 6.32. The van der Waals surface area contributed by atoms with E-state index in [-0.39, 0.29) is 0 Å². The van der Waals surface area contributed by atoms with Crippen LogP contribution >= 0.6 is 11.8 Å². The van der Waals surface area contributed by atoms with Crippen molar-refractivity contribution in [3.8, 4) is 0 Å². The van der Waals surface area contributed by atoms with Crippen molar-refractivity contribution >= 4 is 17.6 Å². The van der Waals surface area contributed by atoms with E-state index in [1.165, 1.54) is 6.42 Å². The molecule has 0 bridgehead atoms. The molecule has 0 spiro atoms. The summed E-state index contributed by atoms with van der Waals surface area (Å²) in [6.45, 7) is 1.73. The van der Waals surface area contributed by atoms with Crippen molar-refractivity contribution in [3.63, 3.8) is 0 Å². The average Bonchev–Trinajstić information content (AvgIpc) is 2.79. The lowest BCUT2D eigenvalue weighted by Crippen LogP contribution is -2.18. The minimum atomic E-state index is 0.345. The van der Waals surface area contributed by atoms with E-state index < -0.39 is 0 Å². The predicted octanol–water partition coefficient (Wildman–Crippen LogP) is 1.79. The molecule has 0 aromatic carbocycles. The van der Waals surface area contributed by atoms with E-state index in [0.29, 0.717) is 6.10 Å². The Morgan fingerprint density at radius 3 is 3.27 bits per heavy atom. The van der Waals surface area contributed by atoms with Gasteiger partial charge in [0.1, 0.15) is 17.2 Å². The Hall–Kier alpha value is -0.810. The first kappa shape index (κ1) is 10.7. The van der Waals surface area contributed by atoms with Crippen LogP contribution in [0.25, 0.3) is 0 Å². The minimum absolute atomic E-state index is 0.345. The third kappa shape index (κ3) is 3.07. The van der Waals surface area contributed by atoms with E-state index in [4.69, 9.17) is 4.74 Å². The molecule has 1 N–H and O–H groups in total. The number of aromatic nitrogens is 2. The first-order chi connectivity index (χ1) is 7.38. The lowest BCUT2D eigenvalue weighted by atomic mass is 10.2. The Bertz CT molecular complexity index is 315. The molecule has 0 aliphatic carbocycles. The van der Waals surface area contributed by atoms with Crippen LogP contribution in [0.4, 0.5) is 5.82 Å². The normalized spacial score (nSPS) is 20.5. The largest absolute Gasteiger partial charge is 0.376 e. The molecule has 0 saturated carbocycles. The molecule has 4 nitrogen and oxygen atoms in total. The highest BCUT2D eigenvalue weighted by atomic mass is 32.2. The molecule has 0 amide bonds. The molecule has 1 fully saturated rings. The van der Waals surface area contributed by atoms with Gasteiger partial charge in [0, 0.05) is 19.2 Å². The van der Waals surface area contributed by atoms with Crippen LogP contribution in [0.15, 0.2) is 17.4 Å². The zero-order valence-corrected chi connectivity index (χ0v) is 9.59. The molecule has 1 aromatic heterocycles. The van der Waals surface area contributed by atoms with Crippen LogP contribution in [0.5, 0.6) is 0 Å². The average molecular weight is 225 g/mol. The van der Waals surface area contributed by atoms with E-state index in [1.54, 1.807) is 18.1 Å². The van der Waals surface area contributed by atoms with Crippen molar-refractivity contribution in [1.29, 1.82) is 0 Å². The SMILES string of the molecule is CSc1cc(NCC2CCCO2)ncn1. The molecular weight excluding hydrogens is 210 g/mol. The van der Waals surface area contributed by atoms with Crippen LogP contribution in [0.2, 0.25) is 0 Å². The number of thioether (sulfide) groups is 1. The van der Waals surface area contributed by atoms with Crippen molar-refractivity contribution in [2.45, 2.75) is 24.0 Å².